The largest absolute Gasteiger partial charge is 0.476 e. The summed E-state index contributed by atoms with van der Waals surface area (Å²) < 4.78 is 43.2. The van der Waals surface area contributed by atoms with E-state index in [1.165, 1.54) is 12.1 Å². The summed E-state index contributed by atoms with van der Waals surface area (Å²) in [4.78, 5) is 27.4. The molecule has 2 bridgehead atoms. The van der Waals surface area contributed by atoms with Crippen molar-refractivity contribution in [3.63, 3.8) is 0 Å². The number of hydrogen-bond donors (Lipinski definition) is 2. The first-order chi connectivity index (χ1) is 17.7. The smallest absolute Gasteiger partial charge is 0.405 e. The van der Waals surface area contributed by atoms with Crippen molar-refractivity contribution in [2.24, 2.45) is 0 Å². The summed E-state index contributed by atoms with van der Waals surface area (Å²) in [6.45, 7) is 1.93. The summed E-state index contributed by atoms with van der Waals surface area (Å²) in [7, 11) is 0. The SMILES string of the molecule is CC(C)(Oc1ccc(Cl)cc1Cl)C(=O)NC1CC2CCC(C1)N2c1ccc(C(=O)NCC(F)(F)F)cc1Cl. The van der Waals surface area contributed by atoms with Crippen LogP contribution in [0, 0.1) is 0 Å². The summed E-state index contributed by atoms with van der Waals surface area (Å²) >= 11 is 18.6. The molecule has 4 rings (SSSR count). The van der Waals surface area contributed by atoms with Crippen LogP contribution in [0.4, 0.5) is 18.9 Å². The molecule has 6 nitrogen and oxygen atoms in total. The van der Waals surface area contributed by atoms with Crippen LogP contribution in [-0.2, 0) is 4.79 Å². The molecule has 0 radical (unpaired) electrons. The summed E-state index contributed by atoms with van der Waals surface area (Å²) in [5, 5.41) is 6.03. The van der Waals surface area contributed by atoms with Gasteiger partial charge in [-0.2, -0.15) is 13.2 Å². The van der Waals surface area contributed by atoms with E-state index in [1.807, 2.05) is 5.32 Å². The average molecular weight is 593 g/mol. The van der Waals surface area contributed by atoms with E-state index in [0.29, 0.717) is 33.7 Å². The summed E-state index contributed by atoms with van der Waals surface area (Å²) in [6, 6.07) is 9.47. The zero-order chi connectivity index (χ0) is 27.8. The normalized spacial score (nSPS) is 21.3. The number of amides is 2. The molecule has 2 amide bonds. The van der Waals surface area contributed by atoms with E-state index in [2.05, 4.69) is 10.2 Å². The number of anilines is 1. The van der Waals surface area contributed by atoms with E-state index in [0.717, 1.165) is 18.5 Å². The lowest BCUT2D eigenvalue weighted by atomic mass is 9.95. The second kappa shape index (κ2) is 11.0. The second-order valence-corrected chi connectivity index (χ2v) is 11.3. The number of fused-ring (bicyclic) bond motifs is 2. The fraction of sp³-hybridized carbons (Fsp3) is 0.462. The fourth-order valence-electron chi connectivity index (χ4n) is 5.07. The molecule has 2 aliphatic rings. The van der Waals surface area contributed by atoms with Crippen LogP contribution in [0.1, 0.15) is 49.9 Å². The first-order valence-corrected chi connectivity index (χ1v) is 13.2. The lowest BCUT2D eigenvalue weighted by molar-refractivity contribution is -0.135. The Hall–Kier alpha value is -2.36. The third-order valence-corrected chi connectivity index (χ3v) is 7.64. The lowest BCUT2D eigenvalue weighted by Crippen LogP contribution is -2.55. The maximum atomic E-state index is 13.1. The predicted molar refractivity (Wildman–Crippen MR) is 141 cm³/mol. The maximum absolute atomic E-state index is 13.1. The third kappa shape index (κ3) is 6.61. The van der Waals surface area contributed by atoms with Gasteiger partial charge in [0, 0.05) is 28.7 Å². The van der Waals surface area contributed by atoms with Crippen LogP contribution in [-0.4, -0.2) is 48.3 Å². The third-order valence-electron chi connectivity index (χ3n) is 6.81. The molecule has 2 N–H and O–H groups in total. The number of nitrogens with zero attached hydrogens (tertiary/aromatic N) is 1. The molecule has 0 saturated carbocycles. The number of piperidine rings is 1. The first-order valence-electron chi connectivity index (χ1n) is 12.1. The van der Waals surface area contributed by atoms with E-state index in [1.54, 1.807) is 38.1 Å². The maximum Gasteiger partial charge on any atom is 0.405 e. The van der Waals surface area contributed by atoms with Crippen molar-refractivity contribution in [3.8, 4) is 5.75 Å². The summed E-state index contributed by atoms with van der Waals surface area (Å²) in [6.07, 6.45) is -1.32. The van der Waals surface area contributed by atoms with Crippen LogP contribution in [0.25, 0.3) is 0 Å². The van der Waals surface area contributed by atoms with E-state index in [4.69, 9.17) is 39.5 Å². The van der Waals surface area contributed by atoms with Crippen LogP contribution < -0.4 is 20.3 Å². The van der Waals surface area contributed by atoms with Gasteiger partial charge < -0.3 is 20.3 Å². The zero-order valence-corrected chi connectivity index (χ0v) is 22.9. The quantitative estimate of drug-likeness (QED) is 0.390. The number of nitrogens with one attached hydrogen (secondary N) is 2. The molecule has 0 aliphatic carbocycles. The van der Waals surface area contributed by atoms with Gasteiger partial charge in [-0.3, -0.25) is 9.59 Å². The van der Waals surface area contributed by atoms with Crippen LogP contribution in [0.2, 0.25) is 15.1 Å². The van der Waals surface area contributed by atoms with Gasteiger partial charge in [0.05, 0.1) is 15.7 Å². The molecule has 2 aromatic rings. The van der Waals surface area contributed by atoms with Gasteiger partial charge in [0.2, 0.25) is 0 Å². The Balaban J connectivity index is 1.39. The number of carbonyl (C=O) groups excluding carboxylic acids is 2. The Labute approximate surface area is 233 Å². The van der Waals surface area contributed by atoms with E-state index >= 15 is 0 Å². The van der Waals surface area contributed by atoms with E-state index < -0.39 is 24.2 Å². The number of alkyl halides is 3. The molecule has 2 heterocycles. The van der Waals surface area contributed by atoms with Gasteiger partial charge in [-0.15, -0.1) is 0 Å². The molecule has 12 heteroatoms. The molecule has 38 heavy (non-hydrogen) atoms. The van der Waals surface area contributed by atoms with Crippen molar-refractivity contribution in [2.45, 2.75) is 69.4 Å². The Morgan fingerprint density at radius 1 is 1.00 bits per heavy atom. The van der Waals surface area contributed by atoms with E-state index in [9.17, 15) is 22.8 Å². The monoisotopic (exact) mass is 591 g/mol. The molecule has 2 aromatic carbocycles. The van der Waals surface area contributed by atoms with Crippen molar-refractivity contribution < 1.29 is 27.5 Å². The zero-order valence-electron chi connectivity index (χ0n) is 20.7. The van der Waals surface area contributed by atoms with Crippen molar-refractivity contribution in [1.82, 2.24) is 10.6 Å². The molecule has 2 fully saturated rings. The van der Waals surface area contributed by atoms with Gasteiger partial charge in [-0.25, -0.2) is 0 Å². The van der Waals surface area contributed by atoms with Gasteiger partial charge in [0.15, 0.2) is 5.60 Å². The molecule has 2 aliphatic heterocycles. The van der Waals surface area contributed by atoms with Crippen LogP contribution in [0.3, 0.4) is 0 Å². The Kier molecular flexibility index (Phi) is 8.31. The van der Waals surface area contributed by atoms with Crippen molar-refractivity contribution >= 4 is 52.3 Å². The first kappa shape index (κ1) is 28.6. The van der Waals surface area contributed by atoms with Gasteiger partial charge in [-0.1, -0.05) is 34.8 Å². The molecular formula is C26H27Cl3F3N3O3. The van der Waals surface area contributed by atoms with Crippen molar-refractivity contribution in [2.75, 3.05) is 11.4 Å². The fourth-order valence-corrected chi connectivity index (χ4v) is 5.79. The minimum Gasteiger partial charge on any atom is -0.476 e. The van der Waals surface area contributed by atoms with Gasteiger partial charge >= 0.3 is 6.18 Å². The van der Waals surface area contributed by atoms with Crippen LogP contribution in [0.15, 0.2) is 36.4 Å². The van der Waals surface area contributed by atoms with Crippen molar-refractivity contribution in [1.29, 1.82) is 0 Å². The molecule has 206 valence electrons. The summed E-state index contributed by atoms with van der Waals surface area (Å²) in [5.74, 6) is -0.755. The number of halogens is 6. The average Bonchev–Trinajstić information content (AvgIpc) is 3.08. The highest BCUT2D eigenvalue weighted by Gasteiger charge is 2.43. The van der Waals surface area contributed by atoms with Crippen molar-refractivity contribution in [3.05, 3.63) is 57.0 Å². The van der Waals surface area contributed by atoms with Crippen LogP contribution >= 0.6 is 34.8 Å². The van der Waals surface area contributed by atoms with Gasteiger partial charge in [-0.05, 0) is 75.9 Å². The molecule has 0 spiro atoms. The molecule has 2 atom stereocenters. The molecular weight excluding hydrogens is 566 g/mol. The number of carbonyl (C=O) groups is 2. The number of rotatable bonds is 7. The minimum absolute atomic E-state index is 0.0560. The Morgan fingerprint density at radius 2 is 1.66 bits per heavy atom. The van der Waals surface area contributed by atoms with E-state index in [-0.39, 0.29) is 29.6 Å². The summed E-state index contributed by atoms with van der Waals surface area (Å²) in [5.41, 5.74) is -0.405. The molecule has 2 unspecified atom stereocenters. The standard InChI is InChI=1S/C26H27Cl3F3N3O3/c1-25(2,38-22-8-4-15(27)10-20(22)29)24(37)34-16-11-17-5-6-18(12-16)35(17)21-7-3-14(9-19(21)28)23(36)33-13-26(30,31)32/h3-4,7-10,16-18H,5-6,11-13H2,1-2H3,(H,33,36)(H,34,37). The van der Waals surface area contributed by atoms with Crippen LogP contribution in [0.5, 0.6) is 5.75 Å². The predicted octanol–water partition coefficient (Wildman–Crippen LogP) is 6.41. The highest BCUT2D eigenvalue weighted by molar-refractivity contribution is 6.35. The second-order valence-electron chi connectivity index (χ2n) is 10.1. The van der Waals surface area contributed by atoms with Gasteiger partial charge in [0.25, 0.3) is 11.8 Å². The topological polar surface area (TPSA) is 70.7 Å². The number of benzene rings is 2. The lowest BCUT2D eigenvalue weighted by Gasteiger charge is -2.42. The highest BCUT2D eigenvalue weighted by atomic mass is 35.5. The Bertz CT molecular complexity index is 1210. The highest BCUT2D eigenvalue weighted by Crippen LogP contribution is 2.42. The minimum atomic E-state index is -4.50. The number of ether oxygens (including phenoxy) is 1. The number of hydrogen-bond acceptors (Lipinski definition) is 4. The molecule has 0 aromatic heterocycles. The van der Waals surface area contributed by atoms with Gasteiger partial charge in [0.1, 0.15) is 12.3 Å². The Morgan fingerprint density at radius 3 is 2.24 bits per heavy atom. The molecule has 2 saturated heterocycles.